The minimum atomic E-state index is -0.0497. The molecule has 2 aromatic rings. The molecule has 0 fully saturated rings. The molecule has 0 radical (unpaired) electrons. The molecular formula is C13H17N5O. The molecule has 0 unspecified atom stereocenters. The van der Waals surface area contributed by atoms with Crippen molar-refractivity contribution in [3.05, 3.63) is 41.9 Å². The molecule has 0 aliphatic rings. The van der Waals surface area contributed by atoms with Crippen LogP contribution in [0.2, 0.25) is 0 Å². The second-order valence-electron chi connectivity index (χ2n) is 4.51. The van der Waals surface area contributed by atoms with Crippen molar-refractivity contribution in [1.29, 1.82) is 0 Å². The highest BCUT2D eigenvalue weighted by molar-refractivity contribution is 5.93. The van der Waals surface area contributed by atoms with E-state index in [0.29, 0.717) is 12.1 Å². The van der Waals surface area contributed by atoms with Crippen LogP contribution in [0, 0.1) is 0 Å². The molecule has 6 heteroatoms. The van der Waals surface area contributed by atoms with Gasteiger partial charge in [-0.25, -0.2) is 4.98 Å². The number of nitrogens with one attached hydrogen (secondary N) is 1. The van der Waals surface area contributed by atoms with Crippen LogP contribution >= 0.6 is 0 Å². The SMILES string of the molecule is CN(C)C(=O)c1ccc(NCc2cnn(C)c2)nc1. The number of aromatic nitrogens is 3. The highest BCUT2D eigenvalue weighted by atomic mass is 16.2. The van der Waals surface area contributed by atoms with E-state index in [9.17, 15) is 4.79 Å². The minimum absolute atomic E-state index is 0.0497. The summed E-state index contributed by atoms with van der Waals surface area (Å²) in [6, 6.07) is 3.56. The van der Waals surface area contributed by atoms with Gasteiger partial charge in [-0.2, -0.15) is 5.10 Å². The lowest BCUT2D eigenvalue weighted by Crippen LogP contribution is -2.21. The highest BCUT2D eigenvalue weighted by Crippen LogP contribution is 2.08. The Hall–Kier alpha value is -2.37. The van der Waals surface area contributed by atoms with Crippen molar-refractivity contribution in [2.45, 2.75) is 6.54 Å². The average molecular weight is 259 g/mol. The van der Waals surface area contributed by atoms with Gasteiger partial charge in [-0.3, -0.25) is 9.48 Å². The summed E-state index contributed by atoms with van der Waals surface area (Å²) in [5.74, 6) is 0.686. The van der Waals surface area contributed by atoms with Gasteiger partial charge in [-0.05, 0) is 12.1 Å². The Bertz CT molecular complexity index is 559. The third-order valence-corrected chi connectivity index (χ3v) is 2.65. The topological polar surface area (TPSA) is 63.1 Å². The van der Waals surface area contributed by atoms with E-state index < -0.39 is 0 Å². The predicted octanol–water partition coefficient (Wildman–Crippen LogP) is 1.13. The zero-order valence-electron chi connectivity index (χ0n) is 11.3. The van der Waals surface area contributed by atoms with Crippen LogP contribution in [0.4, 0.5) is 5.82 Å². The molecule has 0 atom stereocenters. The van der Waals surface area contributed by atoms with Gasteiger partial charge < -0.3 is 10.2 Å². The fourth-order valence-corrected chi connectivity index (χ4v) is 1.64. The van der Waals surface area contributed by atoms with E-state index in [2.05, 4.69) is 15.4 Å². The maximum atomic E-state index is 11.7. The van der Waals surface area contributed by atoms with Crippen LogP contribution in [0.15, 0.2) is 30.7 Å². The van der Waals surface area contributed by atoms with Gasteiger partial charge in [0.05, 0.1) is 11.8 Å². The molecule has 0 saturated carbocycles. The Kier molecular flexibility index (Phi) is 3.79. The maximum absolute atomic E-state index is 11.7. The average Bonchev–Trinajstić information content (AvgIpc) is 2.82. The largest absolute Gasteiger partial charge is 0.366 e. The van der Waals surface area contributed by atoms with Crippen molar-refractivity contribution in [3.8, 4) is 0 Å². The Morgan fingerprint density at radius 1 is 1.37 bits per heavy atom. The predicted molar refractivity (Wildman–Crippen MR) is 72.8 cm³/mol. The van der Waals surface area contributed by atoms with E-state index in [1.54, 1.807) is 43.3 Å². The molecule has 6 nitrogen and oxygen atoms in total. The molecule has 2 heterocycles. The van der Waals surface area contributed by atoms with Crippen molar-refractivity contribution in [2.75, 3.05) is 19.4 Å². The summed E-state index contributed by atoms with van der Waals surface area (Å²) in [5, 5.41) is 7.27. The summed E-state index contributed by atoms with van der Waals surface area (Å²) >= 11 is 0. The summed E-state index contributed by atoms with van der Waals surface area (Å²) in [6.45, 7) is 0.655. The number of rotatable bonds is 4. The molecule has 1 amide bonds. The van der Waals surface area contributed by atoms with Gasteiger partial charge in [0.25, 0.3) is 5.91 Å². The summed E-state index contributed by atoms with van der Waals surface area (Å²) in [4.78, 5) is 17.4. The molecule has 0 bridgehead atoms. The summed E-state index contributed by atoms with van der Waals surface area (Å²) < 4.78 is 1.75. The highest BCUT2D eigenvalue weighted by Gasteiger charge is 2.07. The Labute approximate surface area is 112 Å². The first-order valence-corrected chi connectivity index (χ1v) is 5.95. The number of carbonyl (C=O) groups excluding carboxylic acids is 1. The first-order valence-electron chi connectivity index (χ1n) is 5.95. The Balaban J connectivity index is 1.97. The quantitative estimate of drug-likeness (QED) is 0.894. The first kappa shape index (κ1) is 13.1. The maximum Gasteiger partial charge on any atom is 0.254 e. The standard InChI is InChI=1S/C13H17N5O/c1-17(2)13(19)11-4-5-12(15-8-11)14-6-10-7-16-18(3)9-10/h4-5,7-9H,6H2,1-3H3,(H,14,15). The molecule has 0 aromatic carbocycles. The summed E-state index contributed by atoms with van der Waals surface area (Å²) in [7, 11) is 5.32. The van der Waals surface area contributed by atoms with Crippen LogP contribution in [-0.4, -0.2) is 39.7 Å². The van der Waals surface area contributed by atoms with Gasteiger partial charge in [0.15, 0.2) is 0 Å². The lowest BCUT2D eigenvalue weighted by atomic mass is 10.2. The lowest BCUT2D eigenvalue weighted by molar-refractivity contribution is 0.0827. The number of carbonyl (C=O) groups is 1. The van der Waals surface area contributed by atoms with E-state index in [1.165, 1.54) is 4.90 Å². The number of amides is 1. The zero-order chi connectivity index (χ0) is 13.8. The van der Waals surface area contributed by atoms with E-state index >= 15 is 0 Å². The Morgan fingerprint density at radius 2 is 2.16 bits per heavy atom. The van der Waals surface area contributed by atoms with Gasteiger partial charge in [-0.1, -0.05) is 0 Å². The number of nitrogens with zero attached hydrogens (tertiary/aromatic N) is 4. The first-order chi connectivity index (χ1) is 9.06. The third kappa shape index (κ3) is 3.31. The van der Waals surface area contributed by atoms with Crippen LogP contribution in [0.1, 0.15) is 15.9 Å². The van der Waals surface area contributed by atoms with Crippen molar-refractivity contribution in [2.24, 2.45) is 7.05 Å². The van der Waals surface area contributed by atoms with E-state index in [-0.39, 0.29) is 5.91 Å². The fraction of sp³-hybridized carbons (Fsp3) is 0.308. The van der Waals surface area contributed by atoms with Gasteiger partial charge in [0.1, 0.15) is 5.82 Å². The van der Waals surface area contributed by atoms with Crippen molar-refractivity contribution < 1.29 is 4.79 Å². The number of hydrogen-bond donors (Lipinski definition) is 1. The molecule has 100 valence electrons. The molecule has 0 saturated heterocycles. The van der Waals surface area contributed by atoms with Gasteiger partial charge in [0, 0.05) is 45.6 Å². The monoisotopic (exact) mass is 259 g/mol. The van der Waals surface area contributed by atoms with Crippen LogP contribution in [-0.2, 0) is 13.6 Å². The second-order valence-corrected chi connectivity index (χ2v) is 4.51. The lowest BCUT2D eigenvalue weighted by Gasteiger charge is -2.10. The summed E-state index contributed by atoms with van der Waals surface area (Å²) in [6.07, 6.45) is 5.32. The van der Waals surface area contributed by atoms with Crippen LogP contribution in [0.5, 0.6) is 0 Å². The van der Waals surface area contributed by atoms with Crippen LogP contribution in [0.25, 0.3) is 0 Å². The number of pyridine rings is 1. The molecule has 1 N–H and O–H groups in total. The molecule has 19 heavy (non-hydrogen) atoms. The molecule has 0 aliphatic heterocycles. The van der Waals surface area contributed by atoms with E-state index in [4.69, 9.17) is 0 Å². The molecule has 0 spiro atoms. The molecule has 0 aliphatic carbocycles. The molecule has 2 aromatic heterocycles. The van der Waals surface area contributed by atoms with Crippen LogP contribution < -0.4 is 5.32 Å². The van der Waals surface area contributed by atoms with E-state index in [1.807, 2.05) is 13.2 Å². The molecule has 2 rings (SSSR count). The van der Waals surface area contributed by atoms with E-state index in [0.717, 1.165) is 11.4 Å². The second kappa shape index (κ2) is 5.51. The number of aryl methyl sites for hydroxylation is 1. The normalized spacial score (nSPS) is 10.3. The van der Waals surface area contributed by atoms with Crippen LogP contribution in [0.3, 0.4) is 0 Å². The van der Waals surface area contributed by atoms with Crippen molar-refractivity contribution >= 4 is 11.7 Å². The van der Waals surface area contributed by atoms with Crippen molar-refractivity contribution in [3.63, 3.8) is 0 Å². The third-order valence-electron chi connectivity index (χ3n) is 2.65. The summed E-state index contributed by atoms with van der Waals surface area (Å²) in [5.41, 5.74) is 1.66. The Morgan fingerprint density at radius 3 is 2.68 bits per heavy atom. The molecular weight excluding hydrogens is 242 g/mol. The van der Waals surface area contributed by atoms with Gasteiger partial charge in [0.2, 0.25) is 0 Å². The van der Waals surface area contributed by atoms with Gasteiger partial charge >= 0.3 is 0 Å². The smallest absolute Gasteiger partial charge is 0.254 e. The zero-order valence-corrected chi connectivity index (χ0v) is 11.3. The fourth-order valence-electron chi connectivity index (χ4n) is 1.64. The number of anilines is 1. The van der Waals surface area contributed by atoms with Crippen molar-refractivity contribution in [1.82, 2.24) is 19.7 Å². The van der Waals surface area contributed by atoms with Gasteiger partial charge in [-0.15, -0.1) is 0 Å². The number of hydrogen-bond acceptors (Lipinski definition) is 4. The minimum Gasteiger partial charge on any atom is -0.366 e.